The molecule has 0 atom stereocenters. The molecule has 0 radical (unpaired) electrons. The van der Waals surface area contributed by atoms with E-state index in [9.17, 15) is 13.2 Å². The van der Waals surface area contributed by atoms with E-state index in [0.717, 1.165) is 11.3 Å². The fraction of sp³-hybridized carbons (Fsp3) is 0.278. The molecule has 0 unspecified atom stereocenters. The third-order valence-electron chi connectivity index (χ3n) is 3.84. The number of esters is 1. The smallest absolute Gasteiger partial charge is 0.339 e. The third-order valence-corrected chi connectivity index (χ3v) is 5.70. The zero-order valence-corrected chi connectivity index (χ0v) is 15.6. The predicted molar refractivity (Wildman–Crippen MR) is 97.2 cm³/mol. The number of methoxy groups -OCH3 is 1. The second-order valence-electron chi connectivity index (χ2n) is 5.81. The Balaban J connectivity index is 2.29. The molecule has 2 aromatic carbocycles. The number of anilines is 1. The van der Waals surface area contributed by atoms with Crippen molar-refractivity contribution in [1.29, 1.82) is 0 Å². The molecule has 0 amide bonds. The van der Waals surface area contributed by atoms with Crippen LogP contribution in [0, 0.1) is 0 Å². The normalized spacial score (nSPS) is 11.4. The average Bonchev–Trinajstić information content (AvgIpc) is 2.61. The first-order chi connectivity index (χ1) is 11.8. The number of ether oxygens (including phenoxy) is 1. The number of sulfonamides is 1. The van der Waals surface area contributed by atoms with Crippen molar-refractivity contribution in [3.05, 3.63) is 59.7 Å². The van der Waals surface area contributed by atoms with Gasteiger partial charge in [-0.15, -0.1) is 0 Å². The molecule has 0 N–H and O–H groups in total. The molecule has 25 heavy (non-hydrogen) atoms. The molecule has 2 aromatic rings. The van der Waals surface area contributed by atoms with Gasteiger partial charge in [0.25, 0.3) is 0 Å². The van der Waals surface area contributed by atoms with Crippen molar-refractivity contribution in [2.75, 3.05) is 33.2 Å². The Morgan fingerprint density at radius 2 is 1.60 bits per heavy atom. The number of nitrogens with zero attached hydrogens (tertiary/aromatic N) is 2. The molecule has 0 bridgehead atoms. The van der Waals surface area contributed by atoms with Gasteiger partial charge in [-0.1, -0.05) is 24.3 Å². The summed E-state index contributed by atoms with van der Waals surface area (Å²) in [6.07, 6.45) is 0. The third kappa shape index (κ3) is 4.18. The largest absolute Gasteiger partial charge is 0.465 e. The molecule has 134 valence electrons. The Hall–Kier alpha value is -2.38. The maximum absolute atomic E-state index is 12.9. The minimum Gasteiger partial charge on any atom is -0.465 e. The Morgan fingerprint density at radius 1 is 1.00 bits per heavy atom. The van der Waals surface area contributed by atoms with Crippen LogP contribution < -0.4 is 4.90 Å². The van der Waals surface area contributed by atoms with Crippen molar-refractivity contribution < 1.29 is 17.9 Å². The predicted octanol–water partition coefficient (Wildman–Crippen LogP) is 2.36. The van der Waals surface area contributed by atoms with Gasteiger partial charge >= 0.3 is 5.97 Å². The molecular weight excluding hydrogens is 340 g/mol. The van der Waals surface area contributed by atoms with Gasteiger partial charge in [0.15, 0.2) is 0 Å². The fourth-order valence-corrected chi connectivity index (χ4v) is 3.71. The Labute approximate surface area is 148 Å². The van der Waals surface area contributed by atoms with Crippen LogP contribution in [0.25, 0.3) is 0 Å². The van der Waals surface area contributed by atoms with Crippen LogP contribution in [0.4, 0.5) is 5.69 Å². The molecule has 0 aliphatic carbocycles. The Kier molecular flexibility index (Phi) is 5.81. The van der Waals surface area contributed by atoms with Gasteiger partial charge in [0.1, 0.15) is 0 Å². The Morgan fingerprint density at radius 3 is 2.16 bits per heavy atom. The van der Waals surface area contributed by atoms with E-state index in [0.29, 0.717) is 0 Å². The minimum atomic E-state index is -3.83. The van der Waals surface area contributed by atoms with E-state index in [4.69, 9.17) is 0 Å². The molecule has 0 aromatic heterocycles. The van der Waals surface area contributed by atoms with E-state index < -0.39 is 16.0 Å². The van der Waals surface area contributed by atoms with Crippen LogP contribution in [0.5, 0.6) is 0 Å². The van der Waals surface area contributed by atoms with Crippen molar-refractivity contribution in [1.82, 2.24) is 4.31 Å². The van der Waals surface area contributed by atoms with E-state index in [1.54, 1.807) is 12.1 Å². The molecule has 0 fully saturated rings. The summed E-state index contributed by atoms with van der Waals surface area (Å²) >= 11 is 0. The quantitative estimate of drug-likeness (QED) is 0.738. The van der Waals surface area contributed by atoms with Crippen LogP contribution in [0.1, 0.15) is 15.9 Å². The summed E-state index contributed by atoms with van der Waals surface area (Å²) < 4.78 is 31.6. The lowest BCUT2D eigenvalue weighted by molar-refractivity contribution is 0.0596. The Bertz CT molecular complexity index is 846. The number of hydrogen-bond donors (Lipinski definition) is 0. The van der Waals surface area contributed by atoms with E-state index in [1.807, 2.05) is 43.3 Å². The highest BCUT2D eigenvalue weighted by Crippen LogP contribution is 2.22. The van der Waals surface area contributed by atoms with E-state index >= 15 is 0 Å². The number of rotatable bonds is 6. The van der Waals surface area contributed by atoms with Gasteiger partial charge in [0.2, 0.25) is 10.0 Å². The molecule has 0 aliphatic heterocycles. The van der Waals surface area contributed by atoms with E-state index in [-0.39, 0.29) is 17.0 Å². The van der Waals surface area contributed by atoms with Gasteiger partial charge in [-0.05, 0) is 29.8 Å². The second kappa shape index (κ2) is 7.67. The van der Waals surface area contributed by atoms with Crippen LogP contribution in [0.3, 0.4) is 0 Å². The van der Waals surface area contributed by atoms with Gasteiger partial charge in [0, 0.05) is 33.4 Å². The van der Waals surface area contributed by atoms with Crippen molar-refractivity contribution in [3.63, 3.8) is 0 Å². The van der Waals surface area contributed by atoms with Crippen LogP contribution in [0.2, 0.25) is 0 Å². The summed E-state index contributed by atoms with van der Waals surface area (Å²) in [6.45, 7) is 0.200. The molecule has 0 aliphatic rings. The first-order valence-corrected chi connectivity index (χ1v) is 9.11. The summed E-state index contributed by atoms with van der Waals surface area (Å²) in [5.41, 5.74) is 1.91. The van der Waals surface area contributed by atoms with Gasteiger partial charge in [-0.2, -0.15) is 4.31 Å². The standard InChI is InChI=1S/C18H22N2O4S/c1-19(2)15-11-9-14(10-12-15)13-20(3)25(22,23)17-8-6-5-7-16(17)18(21)24-4/h5-12H,13H2,1-4H3. The molecule has 0 saturated heterocycles. The van der Waals surface area contributed by atoms with E-state index in [1.165, 1.54) is 30.6 Å². The van der Waals surface area contributed by atoms with Crippen molar-refractivity contribution >= 4 is 21.7 Å². The zero-order chi connectivity index (χ0) is 18.6. The summed E-state index contributed by atoms with van der Waals surface area (Å²) in [6, 6.07) is 13.7. The zero-order valence-electron chi connectivity index (χ0n) is 14.8. The van der Waals surface area contributed by atoms with E-state index in [2.05, 4.69) is 4.74 Å². The highest BCUT2D eigenvalue weighted by Gasteiger charge is 2.26. The summed E-state index contributed by atoms with van der Waals surface area (Å²) in [5, 5.41) is 0. The van der Waals surface area contributed by atoms with Gasteiger partial charge < -0.3 is 9.64 Å². The lowest BCUT2D eigenvalue weighted by Crippen LogP contribution is -2.28. The first-order valence-electron chi connectivity index (χ1n) is 7.67. The van der Waals surface area contributed by atoms with Crippen molar-refractivity contribution in [2.24, 2.45) is 0 Å². The highest BCUT2D eigenvalue weighted by molar-refractivity contribution is 7.89. The molecule has 6 nitrogen and oxygen atoms in total. The monoisotopic (exact) mass is 362 g/mol. The van der Waals surface area contributed by atoms with Crippen LogP contribution >= 0.6 is 0 Å². The average molecular weight is 362 g/mol. The van der Waals surface area contributed by atoms with Crippen LogP contribution in [-0.4, -0.2) is 46.9 Å². The summed E-state index contributed by atoms with van der Waals surface area (Å²) in [7, 11) is 2.77. The SMILES string of the molecule is COC(=O)c1ccccc1S(=O)(=O)N(C)Cc1ccc(N(C)C)cc1. The lowest BCUT2D eigenvalue weighted by atomic mass is 10.2. The van der Waals surface area contributed by atoms with Crippen LogP contribution in [0.15, 0.2) is 53.4 Å². The highest BCUT2D eigenvalue weighted by atomic mass is 32.2. The number of hydrogen-bond acceptors (Lipinski definition) is 5. The minimum absolute atomic E-state index is 0.0276. The van der Waals surface area contributed by atoms with Crippen LogP contribution in [-0.2, 0) is 21.3 Å². The number of benzene rings is 2. The molecule has 0 heterocycles. The maximum atomic E-state index is 12.9. The topological polar surface area (TPSA) is 66.9 Å². The lowest BCUT2D eigenvalue weighted by Gasteiger charge is -2.19. The first kappa shape index (κ1) is 19.0. The molecule has 2 rings (SSSR count). The number of carbonyl (C=O) groups is 1. The maximum Gasteiger partial charge on any atom is 0.339 e. The second-order valence-corrected chi connectivity index (χ2v) is 7.82. The number of carbonyl (C=O) groups excluding carboxylic acids is 1. The van der Waals surface area contributed by atoms with Gasteiger partial charge in [-0.3, -0.25) is 0 Å². The van der Waals surface area contributed by atoms with Gasteiger partial charge in [-0.25, -0.2) is 13.2 Å². The van der Waals surface area contributed by atoms with Gasteiger partial charge in [0.05, 0.1) is 17.6 Å². The molecule has 0 spiro atoms. The summed E-state index contributed by atoms with van der Waals surface area (Å²) in [5.74, 6) is -0.678. The van der Waals surface area contributed by atoms with Crippen molar-refractivity contribution in [3.8, 4) is 0 Å². The molecule has 7 heteroatoms. The summed E-state index contributed by atoms with van der Waals surface area (Å²) in [4.78, 5) is 13.8. The fourth-order valence-electron chi connectivity index (χ4n) is 2.38. The molecular formula is C18H22N2O4S. The van der Waals surface area contributed by atoms with Crippen molar-refractivity contribution in [2.45, 2.75) is 11.4 Å². The molecule has 0 saturated carbocycles.